The van der Waals surface area contributed by atoms with Crippen LogP contribution in [0, 0.1) is 0 Å². The molecule has 2 aromatic rings. The highest BCUT2D eigenvalue weighted by Crippen LogP contribution is 2.30. The molecule has 0 spiro atoms. The zero-order chi connectivity index (χ0) is 22.1. The van der Waals surface area contributed by atoms with Gasteiger partial charge in [0.1, 0.15) is 0 Å². The SMILES string of the molecule is CCc1ccc(C(=O)NNC(=O)CCc2ccc(OCC(F)(F)F)c(OC)c2)cc1. The number of hydrazine groups is 1. The summed E-state index contributed by atoms with van der Waals surface area (Å²) in [5.41, 5.74) is 6.87. The van der Waals surface area contributed by atoms with E-state index in [0.717, 1.165) is 12.0 Å². The summed E-state index contributed by atoms with van der Waals surface area (Å²) in [5, 5.41) is 0. The van der Waals surface area contributed by atoms with Crippen LogP contribution >= 0.6 is 0 Å². The Kier molecular flexibility index (Phi) is 8.08. The monoisotopic (exact) mass is 424 g/mol. The van der Waals surface area contributed by atoms with Crippen molar-refractivity contribution >= 4 is 11.8 Å². The lowest BCUT2D eigenvalue weighted by Crippen LogP contribution is -2.41. The van der Waals surface area contributed by atoms with Crippen molar-refractivity contribution < 1.29 is 32.2 Å². The Labute approximate surface area is 172 Å². The first-order valence-electron chi connectivity index (χ1n) is 9.26. The summed E-state index contributed by atoms with van der Waals surface area (Å²) in [5.74, 6) is -0.742. The van der Waals surface area contributed by atoms with E-state index in [1.807, 2.05) is 19.1 Å². The van der Waals surface area contributed by atoms with Crippen molar-refractivity contribution in [1.29, 1.82) is 0 Å². The number of amides is 2. The molecule has 2 N–H and O–H groups in total. The first-order valence-corrected chi connectivity index (χ1v) is 9.26. The van der Waals surface area contributed by atoms with E-state index in [-0.39, 0.29) is 17.9 Å². The molecule has 2 aromatic carbocycles. The van der Waals surface area contributed by atoms with E-state index in [0.29, 0.717) is 17.5 Å². The lowest BCUT2D eigenvalue weighted by atomic mass is 10.1. The third-order valence-corrected chi connectivity index (χ3v) is 4.20. The molecule has 0 aromatic heterocycles. The third-order valence-electron chi connectivity index (χ3n) is 4.20. The molecule has 0 heterocycles. The van der Waals surface area contributed by atoms with Crippen LogP contribution in [0.25, 0.3) is 0 Å². The van der Waals surface area contributed by atoms with Crippen molar-refractivity contribution in [3.8, 4) is 11.5 Å². The number of alkyl halides is 3. The Bertz CT molecular complexity index is 868. The second-order valence-corrected chi connectivity index (χ2v) is 6.44. The summed E-state index contributed by atoms with van der Waals surface area (Å²) in [4.78, 5) is 24.0. The molecule has 0 radical (unpaired) electrons. The fourth-order valence-corrected chi connectivity index (χ4v) is 2.56. The minimum absolute atomic E-state index is 0.0376. The van der Waals surface area contributed by atoms with Crippen LogP contribution in [0.2, 0.25) is 0 Å². The molecule has 2 amide bonds. The van der Waals surface area contributed by atoms with Gasteiger partial charge in [0, 0.05) is 12.0 Å². The average molecular weight is 424 g/mol. The van der Waals surface area contributed by atoms with E-state index in [1.54, 1.807) is 18.2 Å². The fourth-order valence-electron chi connectivity index (χ4n) is 2.56. The van der Waals surface area contributed by atoms with E-state index >= 15 is 0 Å². The molecule has 162 valence electrons. The van der Waals surface area contributed by atoms with Crippen molar-refractivity contribution in [3.63, 3.8) is 0 Å². The summed E-state index contributed by atoms with van der Waals surface area (Å²) < 4.78 is 46.7. The Morgan fingerprint density at radius 1 is 0.967 bits per heavy atom. The molecule has 0 atom stereocenters. The van der Waals surface area contributed by atoms with E-state index < -0.39 is 24.6 Å². The number of carbonyl (C=O) groups excluding carboxylic acids is 2. The normalized spacial score (nSPS) is 11.0. The van der Waals surface area contributed by atoms with Gasteiger partial charge in [-0.25, -0.2) is 0 Å². The first-order chi connectivity index (χ1) is 14.2. The van der Waals surface area contributed by atoms with Crippen molar-refractivity contribution in [2.24, 2.45) is 0 Å². The maximum atomic E-state index is 12.3. The summed E-state index contributed by atoms with van der Waals surface area (Å²) in [6, 6.07) is 11.4. The van der Waals surface area contributed by atoms with Crippen molar-refractivity contribution in [1.82, 2.24) is 10.9 Å². The van der Waals surface area contributed by atoms with Crippen LogP contribution in [0.15, 0.2) is 42.5 Å². The first kappa shape index (κ1) is 23.1. The van der Waals surface area contributed by atoms with Gasteiger partial charge in [-0.05, 0) is 48.2 Å². The van der Waals surface area contributed by atoms with Crippen LogP contribution in [0.3, 0.4) is 0 Å². The summed E-state index contributed by atoms with van der Waals surface area (Å²) >= 11 is 0. The van der Waals surface area contributed by atoms with Gasteiger partial charge in [-0.3, -0.25) is 20.4 Å². The van der Waals surface area contributed by atoms with Gasteiger partial charge >= 0.3 is 6.18 Å². The molecule has 0 fully saturated rings. The fraction of sp³-hybridized carbons (Fsp3) is 0.333. The smallest absolute Gasteiger partial charge is 0.422 e. The maximum Gasteiger partial charge on any atom is 0.422 e. The van der Waals surface area contributed by atoms with Crippen LogP contribution in [-0.2, 0) is 17.6 Å². The van der Waals surface area contributed by atoms with E-state index in [2.05, 4.69) is 10.9 Å². The molecule has 0 unspecified atom stereocenters. The number of carbonyl (C=O) groups is 2. The van der Waals surface area contributed by atoms with Crippen LogP contribution in [-0.4, -0.2) is 31.7 Å². The van der Waals surface area contributed by atoms with E-state index in [4.69, 9.17) is 9.47 Å². The number of methoxy groups -OCH3 is 1. The van der Waals surface area contributed by atoms with Crippen LogP contribution in [0.5, 0.6) is 11.5 Å². The quantitative estimate of drug-likeness (QED) is 0.635. The molecule has 0 aliphatic heterocycles. The largest absolute Gasteiger partial charge is 0.493 e. The number of aryl methyl sites for hydroxylation is 2. The van der Waals surface area contributed by atoms with Gasteiger partial charge in [0.05, 0.1) is 7.11 Å². The Morgan fingerprint density at radius 3 is 2.23 bits per heavy atom. The molecule has 9 heteroatoms. The predicted molar refractivity (Wildman–Crippen MR) is 104 cm³/mol. The number of benzene rings is 2. The molecule has 2 rings (SSSR count). The minimum Gasteiger partial charge on any atom is -0.493 e. The summed E-state index contributed by atoms with van der Waals surface area (Å²) in [7, 11) is 1.31. The Balaban J connectivity index is 1.84. The number of hydrogen-bond acceptors (Lipinski definition) is 4. The highest BCUT2D eigenvalue weighted by Gasteiger charge is 2.29. The van der Waals surface area contributed by atoms with Gasteiger partial charge in [0.2, 0.25) is 5.91 Å². The second kappa shape index (κ2) is 10.5. The van der Waals surface area contributed by atoms with Gasteiger partial charge < -0.3 is 9.47 Å². The van der Waals surface area contributed by atoms with Crippen molar-refractivity contribution in [2.45, 2.75) is 32.4 Å². The second-order valence-electron chi connectivity index (χ2n) is 6.44. The topological polar surface area (TPSA) is 76.7 Å². The zero-order valence-corrected chi connectivity index (χ0v) is 16.6. The lowest BCUT2D eigenvalue weighted by Gasteiger charge is -2.13. The van der Waals surface area contributed by atoms with Crippen LogP contribution in [0.4, 0.5) is 13.2 Å². The van der Waals surface area contributed by atoms with Gasteiger partial charge in [-0.1, -0.05) is 25.1 Å². The number of hydrogen-bond donors (Lipinski definition) is 2. The van der Waals surface area contributed by atoms with Gasteiger partial charge in [0.15, 0.2) is 18.1 Å². The van der Waals surface area contributed by atoms with E-state index in [9.17, 15) is 22.8 Å². The standard InChI is InChI=1S/C21H23F3N2O4/c1-3-14-4-8-16(9-5-14)20(28)26-25-19(27)11-7-15-6-10-17(18(12-15)29-2)30-13-21(22,23)24/h4-6,8-10,12H,3,7,11,13H2,1-2H3,(H,25,27)(H,26,28). The molecule has 0 bridgehead atoms. The summed E-state index contributed by atoms with van der Waals surface area (Å²) in [6.07, 6.45) is -3.24. The number of nitrogens with one attached hydrogen (secondary N) is 2. The zero-order valence-electron chi connectivity index (χ0n) is 16.6. The average Bonchev–Trinajstić information content (AvgIpc) is 2.74. The molecule has 0 aliphatic carbocycles. The van der Waals surface area contributed by atoms with Gasteiger partial charge in [0.25, 0.3) is 5.91 Å². The molecular formula is C21H23F3N2O4. The van der Waals surface area contributed by atoms with Gasteiger partial charge in [-0.2, -0.15) is 13.2 Å². The molecular weight excluding hydrogens is 401 g/mol. The highest BCUT2D eigenvalue weighted by molar-refractivity contribution is 5.95. The maximum absolute atomic E-state index is 12.3. The summed E-state index contributed by atoms with van der Waals surface area (Å²) in [6.45, 7) is 0.583. The minimum atomic E-state index is -4.45. The molecule has 0 saturated carbocycles. The number of ether oxygens (including phenoxy) is 2. The van der Waals surface area contributed by atoms with Crippen LogP contribution < -0.4 is 20.3 Å². The number of rotatable bonds is 8. The van der Waals surface area contributed by atoms with Crippen LogP contribution in [0.1, 0.15) is 34.8 Å². The third kappa shape index (κ3) is 7.31. The highest BCUT2D eigenvalue weighted by atomic mass is 19.4. The Hall–Kier alpha value is -3.23. The van der Waals surface area contributed by atoms with Crippen molar-refractivity contribution in [2.75, 3.05) is 13.7 Å². The van der Waals surface area contributed by atoms with Gasteiger partial charge in [-0.15, -0.1) is 0 Å². The molecule has 30 heavy (non-hydrogen) atoms. The predicted octanol–water partition coefficient (Wildman–Crippen LogP) is 3.59. The number of halogens is 3. The Morgan fingerprint density at radius 2 is 1.63 bits per heavy atom. The lowest BCUT2D eigenvalue weighted by molar-refractivity contribution is -0.153. The molecule has 0 aliphatic rings. The van der Waals surface area contributed by atoms with E-state index in [1.165, 1.54) is 19.2 Å². The molecule has 0 saturated heterocycles. The molecule has 6 nitrogen and oxygen atoms in total. The van der Waals surface area contributed by atoms with Crippen molar-refractivity contribution in [3.05, 3.63) is 59.2 Å².